The molecule has 28 heavy (non-hydrogen) atoms. The molecule has 154 valence electrons. The second-order valence-electron chi connectivity index (χ2n) is 6.33. The molecule has 0 aromatic heterocycles. The molecule has 0 heterocycles. The van der Waals surface area contributed by atoms with E-state index in [4.69, 9.17) is 23.2 Å². The maximum atomic E-state index is 13.5. The Bertz CT molecular complexity index is 956. The summed E-state index contributed by atoms with van der Waals surface area (Å²) >= 11 is 12.6. The normalized spacial score (nSPS) is 13.6. The third kappa shape index (κ3) is 5.79. The highest BCUT2D eigenvalue weighted by Crippen LogP contribution is 2.34. The predicted molar refractivity (Wildman–Crippen MR) is 108 cm³/mol. The van der Waals surface area contributed by atoms with Crippen molar-refractivity contribution in [1.82, 2.24) is 4.72 Å². The average Bonchev–Trinajstić information content (AvgIpc) is 2.51. The van der Waals surface area contributed by atoms with Gasteiger partial charge < -0.3 is 0 Å². The van der Waals surface area contributed by atoms with Crippen molar-refractivity contribution < 1.29 is 21.6 Å². The SMILES string of the molecule is Cc1cc(C)c(S(=O)(=O)NC(CSc2cc(Cl)ccc2Cl)C(F)(F)F)c(C)c1. The topological polar surface area (TPSA) is 46.2 Å². The summed E-state index contributed by atoms with van der Waals surface area (Å²) in [4.78, 5) is 0.198. The lowest BCUT2D eigenvalue weighted by molar-refractivity contribution is -0.145. The van der Waals surface area contributed by atoms with Crippen LogP contribution in [0.25, 0.3) is 0 Å². The number of sulfonamides is 1. The first kappa shape index (κ1) is 23.3. The van der Waals surface area contributed by atoms with Gasteiger partial charge in [0.25, 0.3) is 0 Å². The molecule has 0 aliphatic carbocycles. The lowest BCUT2D eigenvalue weighted by Crippen LogP contribution is -2.47. The van der Waals surface area contributed by atoms with Crippen molar-refractivity contribution in [2.24, 2.45) is 0 Å². The minimum absolute atomic E-state index is 0.141. The van der Waals surface area contributed by atoms with Crippen molar-refractivity contribution in [3.8, 4) is 0 Å². The minimum Gasteiger partial charge on any atom is -0.207 e. The molecule has 0 saturated carbocycles. The van der Waals surface area contributed by atoms with Crippen molar-refractivity contribution in [2.75, 3.05) is 5.75 Å². The predicted octanol–water partition coefficient (Wildman–Crippen LogP) is 5.92. The summed E-state index contributed by atoms with van der Waals surface area (Å²) in [6.07, 6.45) is -4.78. The molecule has 0 spiro atoms. The fourth-order valence-corrected chi connectivity index (χ4v) is 6.13. The highest BCUT2D eigenvalue weighted by Gasteiger charge is 2.42. The van der Waals surface area contributed by atoms with Crippen LogP contribution in [0.1, 0.15) is 16.7 Å². The summed E-state index contributed by atoms with van der Waals surface area (Å²) < 4.78 is 67.8. The smallest absolute Gasteiger partial charge is 0.207 e. The minimum atomic E-state index is -4.78. The summed E-state index contributed by atoms with van der Waals surface area (Å²) in [6, 6.07) is 5.36. The second kappa shape index (κ2) is 8.83. The van der Waals surface area contributed by atoms with Crippen LogP contribution in [0.4, 0.5) is 13.2 Å². The van der Waals surface area contributed by atoms with Gasteiger partial charge in [-0.25, -0.2) is 8.42 Å². The van der Waals surface area contributed by atoms with Gasteiger partial charge >= 0.3 is 6.18 Å². The van der Waals surface area contributed by atoms with Crippen LogP contribution < -0.4 is 4.72 Å². The molecule has 0 radical (unpaired) electrons. The van der Waals surface area contributed by atoms with Gasteiger partial charge in [0.15, 0.2) is 0 Å². The van der Waals surface area contributed by atoms with Gasteiger partial charge in [-0.15, -0.1) is 11.8 Å². The molecule has 2 aromatic rings. The zero-order valence-electron chi connectivity index (χ0n) is 15.2. The summed E-state index contributed by atoms with van der Waals surface area (Å²) in [6.45, 7) is 4.89. The van der Waals surface area contributed by atoms with Crippen LogP contribution >= 0.6 is 35.0 Å². The molecule has 1 atom stereocenters. The van der Waals surface area contributed by atoms with Crippen LogP contribution in [-0.4, -0.2) is 26.4 Å². The van der Waals surface area contributed by atoms with Crippen LogP contribution in [0.3, 0.4) is 0 Å². The van der Waals surface area contributed by atoms with Crippen molar-refractivity contribution in [2.45, 2.75) is 42.8 Å². The van der Waals surface area contributed by atoms with E-state index < -0.39 is 28.0 Å². The van der Waals surface area contributed by atoms with Gasteiger partial charge in [0, 0.05) is 15.7 Å². The summed E-state index contributed by atoms with van der Waals surface area (Å²) in [5, 5.41) is 0.561. The van der Waals surface area contributed by atoms with Crippen LogP contribution in [0.5, 0.6) is 0 Å². The number of thioether (sulfide) groups is 1. The lowest BCUT2D eigenvalue weighted by Gasteiger charge is -2.23. The van der Waals surface area contributed by atoms with Crippen LogP contribution in [0, 0.1) is 20.8 Å². The van der Waals surface area contributed by atoms with E-state index in [0.717, 1.165) is 17.3 Å². The van der Waals surface area contributed by atoms with Gasteiger partial charge in [-0.1, -0.05) is 40.9 Å². The second-order valence-corrected chi connectivity index (χ2v) is 9.89. The van der Waals surface area contributed by atoms with Crippen molar-refractivity contribution in [3.63, 3.8) is 0 Å². The quantitative estimate of drug-likeness (QED) is 0.531. The van der Waals surface area contributed by atoms with Gasteiger partial charge in [-0.05, 0) is 50.1 Å². The molecule has 1 N–H and O–H groups in total. The summed E-state index contributed by atoms with van der Waals surface area (Å²) in [5.41, 5.74) is 1.60. The van der Waals surface area contributed by atoms with Gasteiger partial charge in [-0.2, -0.15) is 17.9 Å². The maximum Gasteiger partial charge on any atom is 0.405 e. The summed E-state index contributed by atoms with van der Waals surface area (Å²) in [7, 11) is -4.39. The maximum absolute atomic E-state index is 13.5. The number of benzene rings is 2. The van der Waals surface area contributed by atoms with Crippen molar-refractivity contribution in [3.05, 3.63) is 57.1 Å². The largest absolute Gasteiger partial charge is 0.405 e. The van der Waals surface area contributed by atoms with E-state index in [2.05, 4.69) is 0 Å². The Morgan fingerprint density at radius 2 is 1.64 bits per heavy atom. The monoisotopic (exact) mass is 471 g/mol. The number of aryl methyl sites for hydroxylation is 3. The highest BCUT2D eigenvalue weighted by molar-refractivity contribution is 7.99. The third-order valence-electron chi connectivity index (χ3n) is 3.86. The third-order valence-corrected chi connectivity index (χ3v) is 7.47. The van der Waals surface area contributed by atoms with Gasteiger partial charge in [-0.3, -0.25) is 0 Å². The Kier molecular flexibility index (Phi) is 7.37. The van der Waals surface area contributed by atoms with Crippen molar-refractivity contribution >= 4 is 45.0 Å². The molecule has 0 bridgehead atoms. The Balaban J connectivity index is 2.31. The molecule has 1 unspecified atom stereocenters. The number of rotatable bonds is 6. The fraction of sp³-hybridized carbons (Fsp3) is 0.333. The van der Waals surface area contributed by atoms with Crippen LogP contribution in [0.2, 0.25) is 10.0 Å². The van der Waals surface area contributed by atoms with E-state index in [9.17, 15) is 21.6 Å². The standard InChI is InChI=1S/C18H18Cl2F3NO2S2/c1-10-6-11(2)17(12(3)7-10)28(25,26)24-16(18(21,22)23)9-27-15-8-13(19)4-5-14(15)20/h4-8,16,24H,9H2,1-3H3. The first-order chi connectivity index (χ1) is 12.8. The first-order valence-corrected chi connectivity index (χ1v) is 11.3. The molecule has 2 rings (SSSR count). The Morgan fingerprint density at radius 1 is 1.07 bits per heavy atom. The molecule has 3 nitrogen and oxygen atoms in total. The molecular weight excluding hydrogens is 454 g/mol. The zero-order chi connectivity index (χ0) is 21.3. The average molecular weight is 472 g/mol. The highest BCUT2D eigenvalue weighted by atomic mass is 35.5. The first-order valence-electron chi connectivity index (χ1n) is 8.06. The van der Waals surface area contributed by atoms with Crippen LogP contribution in [-0.2, 0) is 10.0 Å². The molecule has 0 aliphatic rings. The number of alkyl halides is 3. The van der Waals surface area contributed by atoms with Gasteiger partial charge in [0.1, 0.15) is 6.04 Å². The molecule has 0 aliphatic heterocycles. The van der Waals surface area contributed by atoms with E-state index in [1.54, 1.807) is 37.6 Å². The molecule has 0 fully saturated rings. The van der Waals surface area contributed by atoms with E-state index in [-0.39, 0.29) is 9.92 Å². The number of halogens is 5. The molecule has 2 aromatic carbocycles. The van der Waals surface area contributed by atoms with Crippen molar-refractivity contribution in [1.29, 1.82) is 0 Å². The van der Waals surface area contributed by atoms with Gasteiger partial charge in [0.05, 0.1) is 9.92 Å². The number of hydrogen-bond donors (Lipinski definition) is 1. The van der Waals surface area contributed by atoms with E-state index in [0.29, 0.717) is 21.0 Å². The van der Waals surface area contributed by atoms with E-state index in [1.165, 1.54) is 18.2 Å². The molecule has 0 saturated heterocycles. The Hall–Kier alpha value is -0.930. The molecule has 10 heteroatoms. The molecule has 0 amide bonds. The number of nitrogens with one attached hydrogen (secondary N) is 1. The number of hydrogen-bond acceptors (Lipinski definition) is 3. The fourth-order valence-electron chi connectivity index (χ4n) is 2.79. The zero-order valence-corrected chi connectivity index (χ0v) is 18.3. The lowest BCUT2D eigenvalue weighted by atomic mass is 10.1. The Morgan fingerprint density at radius 3 is 2.18 bits per heavy atom. The van der Waals surface area contributed by atoms with E-state index in [1.807, 2.05) is 0 Å². The Labute approximate surface area is 176 Å². The van der Waals surface area contributed by atoms with Crippen LogP contribution in [0.15, 0.2) is 40.1 Å². The van der Waals surface area contributed by atoms with Gasteiger partial charge in [0.2, 0.25) is 10.0 Å². The van der Waals surface area contributed by atoms with E-state index >= 15 is 0 Å². The summed E-state index contributed by atoms with van der Waals surface area (Å²) in [5.74, 6) is -0.591. The molecular formula is C18H18Cl2F3NO2S2.